The second-order valence-corrected chi connectivity index (χ2v) is 7.63. The molecule has 0 fully saturated rings. The normalized spacial score (nSPS) is 10.7. The van der Waals surface area contributed by atoms with E-state index >= 15 is 0 Å². The van der Waals surface area contributed by atoms with Crippen LogP contribution in [0.1, 0.15) is 11.1 Å². The van der Waals surface area contributed by atoms with Gasteiger partial charge in [0.15, 0.2) is 0 Å². The monoisotopic (exact) mass is 449 g/mol. The van der Waals surface area contributed by atoms with Crippen LogP contribution < -0.4 is 4.74 Å². The van der Waals surface area contributed by atoms with Crippen molar-refractivity contribution in [1.29, 1.82) is 0 Å². The summed E-state index contributed by atoms with van der Waals surface area (Å²) in [4.78, 5) is 11.2. The molecular weight excluding hydrogens is 430 g/mol. The van der Waals surface area contributed by atoms with Crippen molar-refractivity contribution in [2.45, 2.75) is 6.42 Å². The van der Waals surface area contributed by atoms with Crippen LogP contribution in [0.4, 0.5) is 5.69 Å². The first-order chi connectivity index (χ1) is 16.7. The summed E-state index contributed by atoms with van der Waals surface area (Å²) in [6.07, 6.45) is 0.797. The lowest BCUT2D eigenvalue weighted by atomic mass is 10.1. The quantitative estimate of drug-likeness (QED) is 0.203. The van der Waals surface area contributed by atoms with Crippen LogP contribution in [0, 0.1) is 10.1 Å². The van der Waals surface area contributed by atoms with Crippen LogP contribution in [0.15, 0.2) is 108 Å². The van der Waals surface area contributed by atoms with E-state index in [9.17, 15) is 10.1 Å². The molecule has 0 atom stereocenters. The van der Waals surface area contributed by atoms with Crippen molar-refractivity contribution in [3.05, 3.63) is 124 Å². The molecule has 34 heavy (non-hydrogen) atoms. The molecule has 0 saturated carbocycles. The summed E-state index contributed by atoms with van der Waals surface area (Å²) in [6, 6.07) is 31.5. The number of hydrogen-bond acceptors (Lipinski definition) is 6. The average molecular weight is 449 g/mol. The van der Waals surface area contributed by atoms with Gasteiger partial charge in [0.05, 0.1) is 4.92 Å². The molecule has 7 heteroatoms. The fourth-order valence-corrected chi connectivity index (χ4v) is 3.55. The van der Waals surface area contributed by atoms with Crippen molar-refractivity contribution in [2.24, 2.45) is 0 Å². The fourth-order valence-electron chi connectivity index (χ4n) is 3.55. The molecule has 4 aromatic carbocycles. The Bertz CT molecular complexity index is 1420. The maximum atomic E-state index is 11.7. The number of ether oxygens (including phenoxy) is 1. The van der Waals surface area contributed by atoms with E-state index in [0.717, 1.165) is 17.5 Å². The molecule has 0 saturated heterocycles. The van der Waals surface area contributed by atoms with Crippen LogP contribution in [0.2, 0.25) is 0 Å². The highest BCUT2D eigenvalue weighted by molar-refractivity contribution is 5.64. The number of hydrogen-bond donors (Lipinski definition) is 0. The Morgan fingerprint density at radius 1 is 0.735 bits per heavy atom. The minimum Gasteiger partial charge on any atom is -0.450 e. The third kappa shape index (κ3) is 4.68. The van der Waals surface area contributed by atoms with Crippen molar-refractivity contribution >= 4 is 5.69 Å². The highest BCUT2D eigenvalue weighted by Crippen LogP contribution is 2.35. The summed E-state index contributed by atoms with van der Waals surface area (Å²) < 4.78 is 11.6. The number of nitro groups is 1. The first-order valence-electron chi connectivity index (χ1n) is 10.6. The van der Waals surface area contributed by atoms with E-state index in [-0.39, 0.29) is 17.3 Å². The number of aromatic nitrogens is 2. The predicted octanol–water partition coefficient (Wildman–Crippen LogP) is 6.69. The average Bonchev–Trinajstić information content (AvgIpc) is 3.37. The first kappa shape index (κ1) is 21.1. The largest absolute Gasteiger partial charge is 0.450 e. The zero-order valence-corrected chi connectivity index (χ0v) is 18.0. The van der Waals surface area contributed by atoms with Gasteiger partial charge in [-0.05, 0) is 53.9 Å². The van der Waals surface area contributed by atoms with Crippen LogP contribution >= 0.6 is 0 Å². The van der Waals surface area contributed by atoms with E-state index in [1.54, 1.807) is 18.2 Å². The summed E-state index contributed by atoms with van der Waals surface area (Å²) in [6.45, 7) is 0. The summed E-state index contributed by atoms with van der Waals surface area (Å²) in [5.74, 6) is 1.18. The first-order valence-corrected chi connectivity index (χ1v) is 10.6. The van der Waals surface area contributed by atoms with E-state index in [4.69, 9.17) is 9.15 Å². The maximum absolute atomic E-state index is 11.7. The van der Waals surface area contributed by atoms with Gasteiger partial charge in [-0.2, -0.15) is 0 Å². The molecule has 1 heterocycles. The highest BCUT2D eigenvalue weighted by atomic mass is 16.6. The summed E-state index contributed by atoms with van der Waals surface area (Å²) >= 11 is 0. The molecule has 0 aliphatic heterocycles. The Hall–Kier alpha value is -4.78. The van der Waals surface area contributed by atoms with Gasteiger partial charge in [0.1, 0.15) is 5.75 Å². The molecule has 166 valence electrons. The van der Waals surface area contributed by atoms with E-state index in [1.165, 1.54) is 17.7 Å². The molecule has 5 aromatic rings. The minimum atomic E-state index is -0.489. The molecule has 1 aromatic heterocycles. The molecule has 0 aliphatic carbocycles. The lowest BCUT2D eigenvalue weighted by molar-refractivity contribution is -0.385. The standard InChI is InChI=1S/C27H19N3O4/c31-30(32)24-18-22(27-29-28-26(34-27)21-9-5-2-6-10-21)13-16-25(24)33-23-14-11-20(12-15-23)17-19-7-3-1-4-8-19/h1-16,18H,17H2. The molecule has 0 bridgehead atoms. The molecule has 5 rings (SSSR count). The van der Waals surface area contributed by atoms with Gasteiger partial charge in [-0.15, -0.1) is 10.2 Å². The maximum Gasteiger partial charge on any atom is 0.312 e. The Morgan fingerprint density at radius 3 is 2.03 bits per heavy atom. The summed E-state index contributed by atoms with van der Waals surface area (Å²) in [5.41, 5.74) is 3.34. The van der Waals surface area contributed by atoms with E-state index in [2.05, 4.69) is 22.3 Å². The number of nitro benzene ring substituents is 1. The SMILES string of the molecule is O=[N+]([O-])c1cc(-c2nnc(-c3ccccc3)o2)ccc1Oc1ccc(Cc2ccccc2)cc1. The second-order valence-electron chi connectivity index (χ2n) is 7.63. The third-order valence-electron chi connectivity index (χ3n) is 5.25. The van der Waals surface area contributed by atoms with Crippen LogP contribution in [0.3, 0.4) is 0 Å². The van der Waals surface area contributed by atoms with Crippen LogP contribution in [0.5, 0.6) is 11.5 Å². The van der Waals surface area contributed by atoms with Crippen molar-refractivity contribution in [3.8, 4) is 34.4 Å². The predicted molar refractivity (Wildman–Crippen MR) is 128 cm³/mol. The smallest absolute Gasteiger partial charge is 0.312 e. The lowest BCUT2D eigenvalue weighted by Crippen LogP contribution is -1.95. The zero-order chi connectivity index (χ0) is 23.3. The van der Waals surface area contributed by atoms with Crippen LogP contribution in [0.25, 0.3) is 22.9 Å². The topological polar surface area (TPSA) is 91.3 Å². The van der Waals surface area contributed by atoms with Crippen LogP contribution in [-0.4, -0.2) is 15.1 Å². The second kappa shape index (κ2) is 9.38. The van der Waals surface area contributed by atoms with E-state index in [1.807, 2.05) is 60.7 Å². The van der Waals surface area contributed by atoms with Gasteiger partial charge >= 0.3 is 5.69 Å². The number of benzene rings is 4. The van der Waals surface area contributed by atoms with Gasteiger partial charge in [0, 0.05) is 17.2 Å². The number of nitrogens with zero attached hydrogens (tertiary/aromatic N) is 3. The molecule has 0 amide bonds. The molecule has 0 spiro atoms. The molecule has 0 unspecified atom stereocenters. The number of rotatable bonds is 7. The zero-order valence-electron chi connectivity index (χ0n) is 18.0. The minimum absolute atomic E-state index is 0.132. The highest BCUT2D eigenvalue weighted by Gasteiger charge is 2.20. The molecular formula is C27H19N3O4. The van der Waals surface area contributed by atoms with Gasteiger partial charge in [-0.3, -0.25) is 10.1 Å². The van der Waals surface area contributed by atoms with Crippen molar-refractivity contribution < 1.29 is 14.1 Å². The molecule has 0 N–H and O–H groups in total. The third-order valence-corrected chi connectivity index (χ3v) is 5.25. The van der Waals surface area contributed by atoms with E-state index in [0.29, 0.717) is 17.2 Å². The van der Waals surface area contributed by atoms with Crippen molar-refractivity contribution in [1.82, 2.24) is 10.2 Å². The summed E-state index contributed by atoms with van der Waals surface area (Å²) in [5, 5.41) is 19.8. The molecule has 0 radical (unpaired) electrons. The van der Waals surface area contributed by atoms with Crippen molar-refractivity contribution in [2.75, 3.05) is 0 Å². The Labute approximate surface area is 195 Å². The molecule has 7 nitrogen and oxygen atoms in total. The molecule has 0 aliphatic rings. The van der Waals surface area contributed by atoms with Gasteiger partial charge in [-0.1, -0.05) is 60.7 Å². The van der Waals surface area contributed by atoms with Crippen LogP contribution in [-0.2, 0) is 6.42 Å². The van der Waals surface area contributed by atoms with Gasteiger partial charge in [0.25, 0.3) is 0 Å². The van der Waals surface area contributed by atoms with Gasteiger partial charge in [0.2, 0.25) is 17.5 Å². The Balaban J connectivity index is 1.36. The lowest BCUT2D eigenvalue weighted by Gasteiger charge is -2.08. The van der Waals surface area contributed by atoms with Gasteiger partial charge in [-0.25, -0.2) is 0 Å². The van der Waals surface area contributed by atoms with E-state index < -0.39 is 4.92 Å². The van der Waals surface area contributed by atoms with Crippen molar-refractivity contribution in [3.63, 3.8) is 0 Å². The summed E-state index contributed by atoms with van der Waals surface area (Å²) in [7, 11) is 0. The Kier molecular flexibility index (Phi) is 5.82. The fraction of sp³-hybridized carbons (Fsp3) is 0.0370. The van der Waals surface area contributed by atoms with Gasteiger partial charge < -0.3 is 9.15 Å². The Morgan fingerprint density at radius 2 is 1.35 bits per heavy atom.